The predicted octanol–water partition coefficient (Wildman–Crippen LogP) is 1.96. The summed E-state index contributed by atoms with van der Waals surface area (Å²) in [5.74, 6) is -0.764. The van der Waals surface area contributed by atoms with Gasteiger partial charge in [0.1, 0.15) is 22.8 Å². The van der Waals surface area contributed by atoms with Gasteiger partial charge in [-0.25, -0.2) is 4.39 Å². The lowest BCUT2D eigenvalue weighted by Crippen LogP contribution is -2.43. The molecule has 4 N–H and O–H groups in total. The van der Waals surface area contributed by atoms with Crippen LogP contribution in [0.15, 0.2) is 24.3 Å². The van der Waals surface area contributed by atoms with Gasteiger partial charge in [0.25, 0.3) is 5.91 Å². The summed E-state index contributed by atoms with van der Waals surface area (Å²) in [6, 6.07) is 5.55. The molecule has 2 atom stereocenters. The molecule has 10 heteroatoms. The number of rotatable bonds is 7. The Labute approximate surface area is 151 Å². The first-order valence-electron chi connectivity index (χ1n) is 6.91. The van der Waals surface area contributed by atoms with Crippen molar-refractivity contribution in [3.05, 3.63) is 34.8 Å². The molecular formula is C14H15Cl2FN4O2S. The van der Waals surface area contributed by atoms with Crippen LogP contribution in [-0.2, 0) is 11.3 Å². The zero-order valence-electron chi connectivity index (χ0n) is 12.3. The second-order valence-corrected chi connectivity index (χ2v) is 7.00. The first-order chi connectivity index (χ1) is 11.5. The lowest BCUT2D eigenvalue weighted by atomic mass is 10.0. The van der Waals surface area contributed by atoms with E-state index in [2.05, 4.69) is 15.5 Å². The molecule has 0 aliphatic heterocycles. The Bertz CT molecular complexity index is 684. The van der Waals surface area contributed by atoms with Crippen LogP contribution in [0.3, 0.4) is 0 Å². The summed E-state index contributed by atoms with van der Waals surface area (Å²) >= 11 is 12.2. The van der Waals surface area contributed by atoms with Crippen LogP contribution in [0.4, 0.5) is 4.39 Å². The number of halogens is 3. The minimum atomic E-state index is -1.33. The van der Waals surface area contributed by atoms with Crippen LogP contribution >= 0.6 is 34.5 Å². The average molecular weight is 393 g/mol. The highest BCUT2D eigenvalue weighted by Gasteiger charge is 2.25. The number of carbonyl (C=O) groups is 1. The summed E-state index contributed by atoms with van der Waals surface area (Å²) in [4.78, 5) is 10.1. The molecule has 1 amide bonds. The third-order valence-corrected chi connectivity index (χ3v) is 4.60. The van der Waals surface area contributed by atoms with E-state index in [1.807, 2.05) is 0 Å². The summed E-state index contributed by atoms with van der Waals surface area (Å²) in [5.41, 5.74) is 6.73. The molecule has 0 bridgehead atoms. The largest absolute Gasteiger partial charge is 0.386 e. The maximum absolute atomic E-state index is 13.1. The van der Waals surface area contributed by atoms with Crippen LogP contribution in [-0.4, -0.2) is 38.8 Å². The molecule has 2 aromatic rings. The molecule has 0 fully saturated rings. The van der Waals surface area contributed by atoms with Crippen molar-refractivity contribution < 1.29 is 14.3 Å². The zero-order valence-corrected chi connectivity index (χ0v) is 14.7. The van der Waals surface area contributed by atoms with E-state index in [1.165, 1.54) is 11.3 Å². The number of nitrogens with two attached hydrogens (primary N) is 1. The minimum Gasteiger partial charge on any atom is -0.386 e. The number of nitrogens with zero attached hydrogens (tertiary/aromatic N) is 2. The summed E-state index contributed by atoms with van der Waals surface area (Å²) in [7, 11) is 0. The second kappa shape index (κ2) is 8.68. The molecule has 1 heterocycles. The highest BCUT2D eigenvalue weighted by Crippen LogP contribution is 2.26. The van der Waals surface area contributed by atoms with Crippen LogP contribution in [0, 0.1) is 0 Å². The van der Waals surface area contributed by atoms with Crippen molar-refractivity contribution in [3.8, 4) is 10.6 Å². The summed E-state index contributed by atoms with van der Waals surface area (Å²) in [6.45, 7) is -0.653. The molecule has 6 nitrogen and oxygen atoms in total. The van der Waals surface area contributed by atoms with Gasteiger partial charge in [0.05, 0.1) is 6.04 Å². The fourth-order valence-corrected chi connectivity index (χ4v) is 2.81. The third-order valence-electron chi connectivity index (χ3n) is 3.21. The summed E-state index contributed by atoms with van der Waals surface area (Å²) < 4.78 is 13.1. The van der Waals surface area contributed by atoms with Gasteiger partial charge in [0.2, 0.25) is 0 Å². The Kier molecular flexibility index (Phi) is 6.88. The lowest BCUT2D eigenvalue weighted by Gasteiger charge is -2.22. The topological polar surface area (TPSA) is 101 Å². The van der Waals surface area contributed by atoms with Gasteiger partial charge >= 0.3 is 0 Å². The van der Waals surface area contributed by atoms with Crippen molar-refractivity contribution >= 4 is 40.4 Å². The van der Waals surface area contributed by atoms with E-state index in [0.29, 0.717) is 22.1 Å². The smallest absolute Gasteiger partial charge is 0.253 e. The van der Waals surface area contributed by atoms with Gasteiger partial charge in [-0.1, -0.05) is 58.8 Å². The molecule has 0 radical (unpaired) electrons. The maximum atomic E-state index is 13.1. The van der Waals surface area contributed by atoms with Crippen molar-refractivity contribution in [2.24, 2.45) is 5.73 Å². The number of amides is 1. The van der Waals surface area contributed by atoms with Gasteiger partial charge in [0.15, 0.2) is 4.84 Å². The van der Waals surface area contributed by atoms with Crippen molar-refractivity contribution in [3.63, 3.8) is 0 Å². The summed E-state index contributed by atoms with van der Waals surface area (Å²) in [6.07, 6.45) is -1.24. The number of aliphatic hydroxyl groups excluding tert-OH is 1. The quantitative estimate of drug-likeness (QED) is 0.625. The van der Waals surface area contributed by atoms with Gasteiger partial charge in [-0.15, -0.1) is 10.2 Å². The van der Waals surface area contributed by atoms with Gasteiger partial charge < -0.3 is 16.2 Å². The highest BCUT2D eigenvalue weighted by molar-refractivity contribution is 7.14. The molecule has 0 saturated heterocycles. The molecule has 0 aliphatic rings. The van der Waals surface area contributed by atoms with E-state index in [4.69, 9.17) is 28.9 Å². The van der Waals surface area contributed by atoms with Crippen LogP contribution in [0.2, 0.25) is 0 Å². The number of alkyl halides is 3. The first kappa shape index (κ1) is 19.0. The van der Waals surface area contributed by atoms with Crippen LogP contribution in [0.25, 0.3) is 10.6 Å². The van der Waals surface area contributed by atoms with E-state index < -0.39 is 29.6 Å². The molecule has 24 heavy (non-hydrogen) atoms. The van der Waals surface area contributed by atoms with Crippen molar-refractivity contribution in [2.45, 2.75) is 23.5 Å². The Balaban J connectivity index is 2.12. The van der Waals surface area contributed by atoms with E-state index in [1.54, 1.807) is 24.3 Å². The van der Waals surface area contributed by atoms with Gasteiger partial charge in [-0.05, 0) is 5.56 Å². The molecule has 0 saturated carbocycles. The fourth-order valence-electron chi connectivity index (χ4n) is 1.96. The molecule has 1 aromatic carbocycles. The van der Waals surface area contributed by atoms with Gasteiger partial charge in [0, 0.05) is 12.1 Å². The van der Waals surface area contributed by atoms with E-state index in [0.717, 1.165) is 5.56 Å². The number of aromatic nitrogens is 2. The number of carbonyl (C=O) groups excluding carboxylic acids is 1. The Hall–Kier alpha value is -1.32. The Morgan fingerprint density at radius 1 is 1.33 bits per heavy atom. The fraction of sp³-hybridized carbons (Fsp3) is 0.357. The standard InChI is InChI=1S/C14H15Cl2FN4O2S/c15-12(16)13(23)19-9(5-17)11(22)7-1-3-8(4-2-7)14-21-20-10(6-18)24-14/h1-4,9,11-12,22H,5-6,18H2,(H,19,23). The minimum absolute atomic E-state index is 0.314. The van der Waals surface area contributed by atoms with Crippen LogP contribution < -0.4 is 11.1 Å². The Morgan fingerprint density at radius 3 is 2.50 bits per heavy atom. The van der Waals surface area contributed by atoms with Crippen molar-refractivity contribution in [1.82, 2.24) is 15.5 Å². The van der Waals surface area contributed by atoms with Crippen molar-refractivity contribution in [2.75, 3.05) is 6.67 Å². The maximum Gasteiger partial charge on any atom is 0.253 e. The molecule has 2 rings (SSSR count). The Morgan fingerprint density at radius 2 is 2.00 bits per heavy atom. The van der Waals surface area contributed by atoms with Crippen molar-refractivity contribution in [1.29, 1.82) is 0 Å². The van der Waals surface area contributed by atoms with Crippen LogP contribution in [0.5, 0.6) is 0 Å². The number of benzene rings is 1. The predicted molar refractivity (Wildman–Crippen MR) is 91.6 cm³/mol. The monoisotopic (exact) mass is 392 g/mol. The van der Waals surface area contributed by atoms with E-state index in [-0.39, 0.29) is 0 Å². The lowest BCUT2D eigenvalue weighted by molar-refractivity contribution is -0.121. The molecule has 0 spiro atoms. The van der Waals surface area contributed by atoms with E-state index in [9.17, 15) is 14.3 Å². The number of aliphatic hydroxyl groups is 1. The second-order valence-electron chi connectivity index (χ2n) is 4.84. The normalized spacial score (nSPS) is 13.8. The average Bonchev–Trinajstić information content (AvgIpc) is 3.08. The van der Waals surface area contributed by atoms with Gasteiger partial charge in [-0.3, -0.25) is 4.79 Å². The molecule has 1 aromatic heterocycles. The van der Waals surface area contributed by atoms with Crippen LogP contribution in [0.1, 0.15) is 16.7 Å². The SMILES string of the molecule is NCc1nnc(-c2ccc(C(O)C(CF)NC(=O)C(Cl)Cl)cc2)s1. The first-order valence-corrected chi connectivity index (χ1v) is 8.60. The molecule has 0 aliphatic carbocycles. The molecule has 2 unspecified atom stereocenters. The van der Waals surface area contributed by atoms with E-state index >= 15 is 0 Å². The number of nitrogens with one attached hydrogen (secondary N) is 1. The number of hydrogen-bond donors (Lipinski definition) is 3. The molecular weight excluding hydrogens is 378 g/mol. The highest BCUT2D eigenvalue weighted by atomic mass is 35.5. The third kappa shape index (κ3) is 4.61. The molecule has 130 valence electrons. The van der Waals surface area contributed by atoms with Gasteiger partial charge in [-0.2, -0.15) is 0 Å². The zero-order chi connectivity index (χ0) is 17.7. The number of hydrogen-bond acceptors (Lipinski definition) is 6. The summed E-state index contributed by atoms with van der Waals surface area (Å²) in [5, 5.41) is 21.9.